The van der Waals surface area contributed by atoms with Crippen LogP contribution in [0.3, 0.4) is 0 Å². The molecule has 2 heterocycles. The predicted molar refractivity (Wildman–Crippen MR) is 134 cm³/mol. The Balaban J connectivity index is 1.71. The number of para-hydroxylation sites is 1. The number of likely N-dealkylation sites (N-methyl/N-ethyl adjacent to an activating group) is 1. The molecule has 0 radical (unpaired) electrons. The minimum atomic E-state index is -0.708. The van der Waals surface area contributed by atoms with Gasteiger partial charge in [0, 0.05) is 18.5 Å². The molecule has 0 aliphatic rings. The van der Waals surface area contributed by atoms with Crippen molar-refractivity contribution < 1.29 is 23.3 Å². The molecule has 0 fully saturated rings. The van der Waals surface area contributed by atoms with Crippen LogP contribution < -0.4 is 10.1 Å². The summed E-state index contributed by atoms with van der Waals surface area (Å²) >= 11 is 0. The number of aryl methyl sites for hydroxylation is 1. The summed E-state index contributed by atoms with van der Waals surface area (Å²) < 4.78 is 16.9. The Morgan fingerprint density at radius 3 is 2.53 bits per heavy atom. The van der Waals surface area contributed by atoms with Crippen LogP contribution in [-0.2, 0) is 23.4 Å². The van der Waals surface area contributed by atoms with Gasteiger partial charge in [-0.3, -0.25) is 9.59 Å². The molecule has 0 saturated heterocycles. The summed E-state index contributed by atoms with van der Waals surface area (Å²) in [6, 6.07) is 7.99. The molecule has 2 amide bonds. The largest absolute Gasteiger partial charge is 0.483 e. The second-order valence-corrected chi connectivity index (χ2v) is 10.4. The molecule has 1 atom stereocenters. The topological polar surface area (TPSA) is 111 Å². The third-order valence-corrected chi connectivity index (χ3v) is 5.53. The SMILES string of the molecule is Cc1cc(CN(C)C(=O)[C@@H](CC(C)C)NC(=O)c2ccccc2OCc2ncc(C(C)(C)C)o2)on1. The number of rotatable bonds is 10. The molecule has 1 N–H and O–H groups in total. The van der Waals surface area contributed by atoms with E-state index in [9.17, 15) is 9.59 Å². The van der Waals surface area contributed by atoms with E-state index in [2.05, 4.69) is 15.5 Å². The lowest BCUT2D eigenvalue weighted by Gasteiger charge is -2.25. The first-order valence-corrected chi connectivity index (χ1v) is 12.1. The van der Waals surface area contributed by atoms with Gasteiger partial charge in [-0.25, -0.2) is 4.98 Å². The number of aromatic nitrogens is 2. The molecule has 3 rings (SSSR count). The molecule has 9 heteroatoms. The second kappa shape index (κ2) is 11.4. The summed E-state index contributed by atoms with van der Waals surface area (Å²) in [7, 11) is 1.68. The molecule has 2 aromatic heterocycles. The third-order valence-electron chi connectivity index (χ3n) is 5.53. The standard InChI is InChI=1S/C27H36N4O5/c1-17(2)12-21(26(33)31(7)15-19-13-18(3)30-36-19)29-25(32)20-10-8-9-11-22(20)34-16-24-28-14-23(35-24)27(4,5)6/h8-11,13-14,17,21H,12,15-16H2,1-7H3,(H,29,32)/t21-/m1/s1. The summed E-state index contributed by atoms with van der Waals surface area (Å²) in [5.74, 6) is 1.73. The van der Waals surface area contributed by atoms with Gasteiger partial charge in [-0.05, 0) is 31.4 Å². The lowest BCUT2D eigenvalue weighted by atomic mass is 9.94. The molecular formula is C27H36N4O5. The van der Waals surface area contributed by atoms with E-state index in [1.54, 1.807) is 43.6 Å². The monoisotopic (exact) mass is 496 g/mol. The van der Waals surface area contributed by atoms with Gasteiger partial charge in [0.25, 0.3) is 5.91 Å². The number of hydrogen-bond donors (Lipinski definition) is 1. The zero-order chi connectivity index (χ0) is 26.5. The first kappa shape index (κ1) is 27.0. The smallest absolute Gasteiger partial charge is 0.255 e. The van der Waals surface area contributed by atoms with E-state index >= 15 is 0 Å². The Morgan fingerprint density at radius 1 is 1.19 bits per heavy atom. The minimum absolute atomic E-state index is 0.0774. The van der Waals surface area contributed by atoms with Crippen molar-refractivity contribution in [2.45, 2.75) is 72.6 Å². The number of ether oxygens (including phenoxy) is 1. The zero-order valence-corrected chi connectivity index (χ0v) is 22.1. The Kier molecular flexibility index (Phi) is 8.55. The van der Waals surface area contributed by atoms with E-state index in [-0.39, 0.29) is 30.4 Å². The molecule has 0 spiro atoms. The molecule has 9 nitrogen and oxygen atoms in total. The van der Waals surface area contributed by atoms with Gasteiger partial charge in [0.1, 0.15) is 17.6 Å². The lowest BCUT2D eigenvalue weighted by molar-refractivity contribution is -0.133. The minimum Gasteiger partial charge on any atom is -0.483 e. The average Bonchev–Trinajstić information content (AvgIpc) is 3.45. The maximum atomic E-state index is 13.3. The Hall–Kier alpha value is -3.62. The molecule has 194 valence electrons. The Morgan fingerprint density at radius 2 is 1.92 bits per heavy atom. The van der Waals surface area contributed by atoms with Gasteiger partial charge in [-0.2, -0.15) is 0 Å². The predicted octanol–water partition coefficient (Wildman–Crippen LogP) is 4.65. The summed E-state index contributed by atoms with van der Waals surface area (Å²) in [4.78, 5) is 32.3. The van der Waals surface area contributed by atoms with Crippen LogP contribution in [0.4, 0.5) is 0 Å². The van der Waals surface area contributed by atoms with Crippen molar-refractivity contribution in [3.8, 4) is 5.75 Å². The van der Waals surface area contributed by atoms with Crippen LogP contribution in [0.5, 0.6) is 5.75 Å². The number of amides is 2. The average molecular weight is 497 g/mol. The summed E-state index contributed by atoms with van der Waals surface area (Å²) in [6.45, 7) is 12.3. The fourth-order valence-corrected chi connectivity index (χ4v) is 3.64. The van der Waals surface area contributed by atoms with Gasteiger partial charge in [0.05, 0.1) is 24.0 Å². The van der Waals surface area contributed by atoms with Gasteiger partial charge in [0.2, 0.25) is 11.8 Å². The van der Waals surface area contributed by atoms with E-state index < -0.39 is 11.9 Å². The maximum Gasteiger partial charge on any atom is 0.255 e. The van der Waals surface area contributed by atoms with Crippen LogP contribution in [-0.4, -0.2) is 39.9 Å². The molecule has 1 aromatic carbocycles. The van der Waals surface area contributed by atoms with Crippen LogP contribution >= 0.6 is 0 Å². The van der Waals surface area contributed by atoms with Gasteiger partial charge >= 0.3 is 0 Å². The zero-order valence-electron chi connectivity index (χ0n) is 22.1. The fraction of sp³-hybridized carbons (Fsp3) is 0.481. The van der Waals surface area contributed by atoms with Crippen molar-refractivity contribution in [1.82, 2.24) is 20.4 Å². The number of nitrogens with zero attached hydrogens (tertiary/aromatic N) is 3. The van der Waals surface area contributed by atoms with E-state index in [0.717, 1.165) is 11.5 Å². The molecule has 0 saturated carbocycles. The summed E-state index contributed by atoms with van der Waals surface area (Å²) in [5.41, 5.74) is 0.907. The molecule has 0 aliphatic heterocycles. The molecular weight excluding hydrogens is 460 g/mol. The highest BCUT2D eigenvalue weighted by Crippen LogP contribution is 2.24. The number of oxazole rings is 1. The highest BCUT2D eigenvalue weighted by Gasteiger charge is 2.27. The Labute approximate surface area is 212 Å². The van der Waals surface area contributed by atoms with Crippen molar-refractivity contribution in [3.05, 3.63) is 65.2 Å². The van der Waals surface area contributed by atoms with Crippen molar-refractivity contribution >= 4 is 11.8 Å². The van der Waals surface area contributed by atoms with Crippen LogP contribution in [0.25, 0.3) is 0 Å². The molecule has 36 heavy (non-hydrogen) atoms. The van der Waals surface area contributed by atoms with Crippen LogP contribution in [0.2, 0.25) is 0 Å². The Bertz CT molecular complexity index is 1170. The molecule has 0 aliphatic carbocycles. The number of nitrogens with one attached hydrogen (secondary N) is 1. The van der Waals surface area contributed by atoms with Crippen LogP contribution in [0, 0.1) is 12.8 Å². The van der Waals surface area contributed by atoms with E-state index in [4.69, 9.17) is 13.7 Å². The molecule has 3 aromatic rings. The quantitative estimate of drug-likeness (QED) is 0.435. The lowest BCUT2D eigenvalue weighted by Crippen LogP contribution is -2.47. The highest BCUT2D eigenvalue weighted by atomic mass is 16.5. The second-order valence-electron chi connectivity index (χ2n) is 10.4. The van der Waals surface area contributed by atoms with E-state index in [0.29, 0.717) is 29.4 Å². The maximum absolute atomic E-state index is 13.3. The summed E-state index contributed by atoms with van der Waals surface area (Å²) in [6.07, 6.45) is 2.18. The van der Waals surface area contributed by atoms with E-state index in [1.807, 2.05) is 41.5 Å². The first-order valence-electron chi connectivity index (χ1n) is 12.1. The number of hydrogen-bond acceptors (Lipinski definition) is 7. The van der Waals surface area contributed by atoms with Gasteiger partial charge in [0.15, 0.2) is 12.4 Å². The fourth-order valence-electron chi connectivity index (χ4n) is 3.64. The normalized spacial score (nSPS) is 12.4. The van der Waals surface area contributed by atoms with Crippen LogP contribution in [0.15, 0.2) is 45.5 Å². The number of carbonyl (C=O) groups excluding carboxylic acids is 2. The molecule has 0 bridgehead atoms. The highest BCUT2D eigenvalue weighted by molar-refractivity contribution is 5.99. The molecule has 0 unspecified atom stereocenters. The van der Waals surface area contributed by atoms with Crippen LogP contribution in [0.1, 0.15) is 74.5 Å². The first-order chi connectivity index (χ1) is 16.9. The number of carbonyl (C=O) groups is 2. The van der Waals surface area contributed by atoms with Gasteiger partial charge in [-0.1, -0.05) is 51.9 Å². The van der Waals surface area contributed by atoms with Crippen molar-refractivity contribution in [1.29, 1.82) is 0 Å². The van der Waals surface area contributed by atoms with E-state index in [1.165, 1.54) is 4.90 Å². The van der Waals surface area contributed by atoms with Crippen molar-refractivity contribution in [2.24, 2.45) is 5.92 Å². The number of benzene rings is 1. The third kappa shape index (κ3) is 7.19. The van der Waals surface area contributed by atoms with Crippen molar-refractivity contribution in [3.63, 3.8) is 0 Å². The van der Waals surface area contributed by atoms with Gasteiger partial charge in [-0.15, -0.1) is 0 Å². The van der Waals surface area contributed by atoms with Crippen molar-refractivity contribution in [2.75, 3.05) is 7.05 Å². The van der Waals surface area contributed by atoms with Gasteiger partial charge < -0.3 is 23.9 Å². The summed E-state index contributed by atoms with van der Waals surface area (Å²) in [5, 5.41) is 6.77.